The minimum atomic E-state index is -1.85. The fourth-order valence-electron chi connectivity index (χ4n) is 3.28. The molecule has 4 N–H and O–H groups in total. The molecule has 144 valence electrons. The number of phenolic OH excluding ortho intramolecular Hbond substituents is 1. The molecule has 0 saturated heterocycles. The van der Waals surface area contributed by atoms with Crippen LogP contribution in [0.15, 0.2) is 6.07 Å². The van der Waals surface area contributed by atoms with Crippen molar-refractivity contribution < 1.29 is 49.0 Å². The van der Waals surface area contributed by atoms with E-state index in [9.17, 15) is 34.8 Å². The van der Waals surface area contributed by atoms with Crippen molar-refractivity contribution in [3.63, 3.8) is 0 Å². The topological polar surface area (TPSA) is 160 Å². The Morgan fingerprint density at radius 2 is 1.79 bits per heavy atom. The number of aromatic hydroxyl groups is 2. The van der Waals surface area contributed by atoms with E-state index in [-0.39, 0.29) is 39.9 Å². The molecule has 10 heteroatoms. The molecule has 1 atom stereocenters. The Bertz CT molecular complexity index is 1080. The number of aldehydes is 1. The van der Waals surface area contributed by atoms with Crippen LogP contribution >= 0.6 is 0 Å². The molecule has 2 aromatic rings. The summed E-state index contributed by atoms with van der Waals surface area (Å²) in [5, 5.41) is 40.1. The van der Waals surface area contributed by atoms with Crippen molar-refractivity contribution in [3.05, 3.63) is 39.4 Å². The minimum absolute atomic E-state index is 0.187. The lowest BCUT2D eigenvalue weighted by atomic mass is 10.0. The molecule has 0 spiro atoms. The third-order valence-electron chi connectivity index (χ3n) is 4.56. The van der Waals surface area contributed by atoms with Gasteiger partial charge in [0.2, 0.25) is 6.29 Å². The highest BCUT2D eigenvalue weighted by Crippen LogP contribution is 2.53. The Morgan fingerprint density at radius 1 is 1.07 bits per heavy atom. The lowest BCUT2D eigenvalue weighted by Gasteiger charge is -2.17. The number of phenols is 2. The number of aryl methyl sites for hydroxylation is 1. The second-order valence-electron chi connectivity index (χ2n) is 6.13. The molecule has 0 amide bonds. The number of cyclic esters (lactones) is 1. The Kier molecular flexibility index (Phi) is 3.77. The van der Waals surface area contributed by atoms with Gasteiger partial charge in [-0.05, 0) is 18.6 Å². The Balaban J connectivity index is 2.11. The Labute approximate surface area is 156 Å². The van der Waals surface area contributed by atoms with Crippen LogP contribution in [0.3, 0.4) is 0 Å². The van der Waals surface area contributed by atoms with E-state index < -0.39 is 53.4 Å². The molecule has 2 heterocycles. The molecule has 0 unspecified atom stereocenters. The maximum Gasteiger partial charge on any atom is 0.347 e. The summed E-state index contributed by atoms with van der Waals surface area (Å²) < 4.78 is 15.6. The molecule has 0 saturated carbocycles. The van der Waals surface area contributed by atoms with Crippen LogP contribution < -0.4 is 9.47 Å². The van der Waals surface area contributed by atoms with Gasteiger partial charge in [-0.1, -0.05) is 0 Å². The molecule has 10 nitrogen and oxygen atoms in total. The van der Waals surface area contributed by atoms with E-state index in [1.165, 1.54) is 13.0 Å². The number of hydrogen-bond acceptors (Lipinski definition) is 10. The molecule has 0 aliphatic carbocycles. The van der Waals surface area contributed by atoms with Crippen molar-refractivity contribution in [1.29, 1.82) is 0 Å². The van der Waals surface area contributed by atoms with E-state index in [2.05, 4.69) is 4.74 Å². The Morgan fingerprint density at radius 3 is 2.43 bits per heavy atom. The number of esters is 2. The van der Waals surface area contributed by atoms with Gasteiger partial charge in [0.15, 0.2) is 23.5 Å². The van der Waals surface area contributed by atoms with Crippen LogP contribution in [-0.2, 0) is 11.3 Å². The lowest BCUT2D eigenvalue weighted by molar-refractivity contribution is -0.0555. The molecule has 0 aromatic heterocycles. The first-order valence-corrected chi connectivity index (χ1v) is 7.93. The number of carbonyl (C=O) groups excluding carboxylic acids is 3. The average molecular weight is 388 g/mol. The van der Waals surface area contributed by atoms with Crippen LogP contribution in [0.5, 0.6) is 28.7 Å². The molecular formula is C18H12O10. The van der Waals surface area contributed by atoms with Crippen molar-refractivity contribution in [2.75, 3.05) is 0 Å². The summed E-state index contributed by atoms with van der Waals surface area (Å²) in [5.74, 6) is -4.51. The summed E-state index contributed by atoms with van der Waals surface area (Å²) in [6.45, 7) is 0.618. The molecule has 0 radical (unpaired) electrons. The molecule has 2 aliphatic heterocycles. The summed E-state index contributed by atoms with van der Waals surface area (Å²) in [4.78, 5) is 36.1. The van der Waals surface area contributed by atoms with Crippen LogP contribution in [0.1, 0.15) is 54.1 Å². The van der Waals surface area contributed by atoms with Gasteiger partial charge in [0.1, 0.15) is 22.6 Å². The van der Waals surface area contributed by atoms with Crippen molar-refractivity contribution in [2.45, 2.75) is 19.8 Å². The quantitative estimate of drug-likeness (QED) is 0.334. The van der Waals surface area contributed by atoms with Gasteiger partial charge in [0, 0.05) is 0 Å². The van der Waals surface area contributed by atoms with E-state index in [4.69, 9.17) is 9.47 Å². The van der Waals surface area contributed by atoms with Gasteiger partial charge >= 0.3 is 11.9 Å². The van der Waals surface area contributed by atoms with Crippen molar-refractivity contribution in [1.82, 2.24) is 0 Å². The molecule has 2 aliphatic rings. The first-order chi connectivity index (χ1) is 13.3. The summed E-state index contributed by atoms with van der Waals surface area (Å²) >= 11 is 0. The molecule has 4 rings (SSSR count). The van der Waals surface area contributed by atoms with Crippen molar-refractivity contribution in [2.24, 2.45) is 0 Å². The largest absolute Gasteiger partial charge is 0.507 e. The van der Waals surface area contributed by atoms with Crippen LogP contribution in [-0.4, -0.2) is 38.7 Å². The number of benzene rings is 2. The van der Waals surface area contributed by atoms with Gasteiger partial charge in [0.25, 0.3) is 0 Å². The fourth-order valence-corrected chi connectivity index (χ4v) is 3.28. The van der Waals surface area contributed by atoms with E-state index in [0.717, 1.165) is 0 Å². The first-order valence-electron chi connectivity index (χ1n) is 7.93. The predicted octanol–water partition coefficient (Wildman–Crippen LogP) is 1.20. The zero-order valence-corrected chi connectivity index (χ0v) is 14.2. The number of aliphatic hydroxyl groups excluding tert-OH is 2. The maximum atomic E-state index is 12.7. The SMILES string of the molecule is Cc1cc(O)c(C=O)c2c1C(=O)Oc1c(CO)c(O)c3c(c1O2)[C@H](O)OC3=O. The smallest absolute Gasteiger partial charge is 0.347 e. The number of hydrogen-bond donors (Lipinski definition) is 4. The van der Waals surface area contributed by atoms with Gasteiger partial charge in [-0.15, -0.1) is 0 Å². The summed E-state index contributed by atoms with van der Waals surface area (Å²) in [7, 11) is 0. The highest BCUT2D eigenvalue weighted by molar-refractivity contribution is 6.03. The Hall–Kier alpha value is -3.63. The highest BCUT2D eigenvalue weighted by Gasteiger charge is 2.43. The van der Waals surface area contributed by atoms with E-state index in [1.54, 1.807) is 0 Å². The first kappa shape index (κ1) is 17.8. The van der Waals surface area contributed by atoms with E-state index >= 15 is 0 Å². The summed E-state index contributed by atoms with van der Waals surface area (Å²) in [6, 6.07) is 1.17. The highest BCUT2D eigenvalue weighted by atomic mass is 16.6. The van der Waals surface area contributed by atoms with Gasteiger partial charge in [-0.2, -0.15) is 0 Å². The molecule has 0 bridgehead atoms. The zero-order valence-electron chi connectivity index (χ0n) is 14.2. The second kappa shape index (κ2) is 5.94. The fraction of sp³-hybridized carbons (Fsp3) is 0.167. The second-order valence-corrected chi connectivity index (χ2v) is 6.13. The number of rotatable bonds is 2. The lowest BCUT2D eigenvalue weighted by Crippen LogP contribution is -2.11. The molecule has 28 heavy (non-hydrogen) atoms. The number of carbonyl (C=O) groups is 3. The number of ether oxygens (including phenoxy) is 3. The third kappa shape index (κ3) is 2.19. The van der Waals surface area contributed by atoms with Gasteiger partial charge in [-0.3, -0.25) is 4.79 Å². The van der Waals surface area contributed by atoms with Crippen LogP contribution in [0.25, 0.3) is 0 Å². The van der Waals surface area contributed by atoms with Gasteiger partial charge < -0.3 is 34.6 Å². The average Bonchev–Trinajstić information content (AvgIpc) is 2.83. The van der Waals surface area contributed by atoms with Crippen LogP contribution in [0.4, 0.5) is 0 Å². The molecule has 0 fully saturated rings. The van der Waals surface area contributed by atoms with Crippen LogP contribution in [0.2, 0.25) is 0 Å². The summed E-state index contributed by atoms with van der Waals surface area (Å²) in [6.07, 6.45) is -1.59. The van der Waals surface area contributed by atoms with Crippen molar-refractivity contribution in [3.8, 4) is 28.7 Å². The standard InChI is InChI=1S/C18H12O10/c1-5-2-8(21)6(3-19)13-9(5)16(23)27-14-7(4-20)12(22)10-11(15(14)26-13)18(25)28-17(10)24/h2-3,18,20-22,25H,4H2,1H3/t18-/m1/s1. The van der Waals surface area contributed by atoms with E-state index in [1.807, 2.05) is 0 Å². The summed E-state index contributed by atoms with van der Waals surface area (Å²) in [5.41, 5.74) is -1.50. The predicted molar refractivity (Wildman–Crippen MR) is 87.7 cm³/mol. The third-order valence-corrected chi connectivity index (χ3v) is 4.56. The minimum Gasteiger partial charge on any atom is -0.507 e. The van der Waals surface area contributed by atoms with Gasteiger partial charge in [0.05, 0.1) is 23.3 Å². The monoisotopic (exact) mass is 388 g/mol. The number of fused-ring (bicyclic) bond motifs is 4. The van der Waals surface area contributed by atoms with Crippen molar-refractivity contribution >= 4 is 18.2 Å². The maximum absolute atomic E-state index is 12.7. The van der Waals surface area contributed by atoms with E-state index in [0.29, 0.717) is 0 Å². The zero-order chi connectivity index (χ0) is 20.3. The number of aliphatic hydroxyl groups is 2. The van der Waals surface area contributed by atoms with Crippen LogP contribution in [0, 0.1) is 6.92 Å². The van der Waals surface area contributed by atoms with Gasteiger partial charge in [-0.25, -0.2) is 9.59 Å². The molecular weight excluding hydrogens is 376 g/mol. The molecule has 2 aromatic carbocycles. The normalized spacial score (nSPS) is 16.9.